The van der Waals surface area contributed by atoms with Gasteiger partial charge in [0.2, 0.25) is 0 Å². The van der Waals surface area contributed by atoms with Crippen molar-refractivity contribution < 1.29 is 4.79 Å². The molecule has 1 rings (SSSR count). The predicted molar refractivity (Wildman–Crippen MR) is 50.9 cm³/mol. The molecule has 0 aromatic rings. The largest absolute Gasteiger partial charge is 0.303 e. The highest BCUT2D eigenvalue weighted by atomic mass is 16.1. The van der Waals surface area contributed by atoms with Gasteiger partial charge >= 0.3 is 0 Å². The number of carbonyl (C=O) groups excluding carboxylic acids is 1. The Bertz CT molecular complexity index is 166. The summed E-state index contributed by atoms with van der Waals surface area (Å²) in [5.74, 6) is 0.343. The third-order valence-corrected chi connectivity index (χ3v) is 3.28. The third-order valence-electron chi connectivity index (χ3n) is 3.28. The number of allylic oxidation sites excluding steroid dienone is 1. The molecule has 1 aliphatic carbocycles. The lowest BCUT2D eigenvalue weighted by Crippen LogP contribution is -2.31. The van der Waals surface area contributed by atoms with Gasteiger partial charge in [0.05, 0.1) is 0 Å². The minimum absolute atomic E-state index is 0.0694. The summed E-state index contributed by atoms with van der Waals surface area (Å²) < 4.78 is 0. The van der Waals surface area contributed by atoms with E-state index in [0.29, 0.717) is 5.92 Å². The van der Waals surface area contributed by atoms with Gasteiger partial charge in [-0.3, -0.25) is 0 Å². The summed E-state index contributed by atoms with van der Waals surface area (Å²) in [6.45, 7) is 5.87. The lowest BCUT2D eigenvalue weighted by molar-refractivity contribution is -0.119. The maximum absolute atomic E-state index is 11.0. The zero-order valence-corrected chi connectivity index (χ0v) is 7.88. The fraction of sp³-hybridized carbons (Fsp3) is 0.727. The third kappa shape index (κ3) is 1.60. The van der Waals surface area contributed by atoms with E-state index in [1.807, 2.05) is 6.08 Å². The molecule has 0 radical (unpaired) electrons. The Morgan fingerprint density at radius 2 is 1.92 bits per heavy atom. The van der Waals surface area contributed by atoms with Crippen LogP contribution in [0.5, 0.6) is 0 Å². The van der Waals surface area contributed by atoms with Gasteiger partial charge in [0.25, 0.3) is 0 Å². The van der Waals surface area contributed by atoms with E-state index in [1.54, 1.807) is 0 Å². The molecule has 1 unspecified atom stereocenters. The Kier molecular flexibility index (Phi) is 3.07. The summed E-state index contributed by atoms with van der Waals surface area (Å²) in [5.41, 5.74) is -0.0694. The van der Waals surface area contributed by atoms with Crippen molar-refractivity contribution in [2.24, 2.45) is 11.3 Å². The van der Waals surface area contributed by atoms with Crippen molar-refractivity contribution in [2.75, 3.05) is 0 Å². The van der Waals surface area contributed by atoms with Crippen molar-refractivity contribution in [3.63, 3.8) is 0 Å². The van der Waals surface area contributed by atoms with Crippen LogP contribution in [0.25, 0.3) is 0 Å². The first-order valence-electron chi connectivity index (χ1n) is 4.84. The van der Waals surface area contributed by atoms with Crippen LogP contribution >= 0.6 is 0 Å². The molecular formula is C11H18O. The molecule has 0 aliphatic heterocycles. The highest BCUT2D eigenvalue weighted by Crippen LogP contribution is 2.41. The summed E-state index contributed by atoms with van der Waals surface area (Å²) in [4.78, 5) is 11.0. The number of hydrogen-bond donors (Lipinski definition) is 0. The van der Waals surface area contributed by atoms with Gasteiger partial charge in [-0.1, -0.05) is 32.3 Å². The number of hydrogen-bond acceptors (Lipinski definition) is 1. The summed E-state index contributed by atoms with van der Waals surface area (Å²) >= 11 is 0. The smallest absolute Gasteiger partial charge is 0.126 e. The average molecular weight is 166 g/mol. The molecule has 0 aromatic carbocycles. The first kappa shape index (κ1) is 9.50. The van der Waals surface area contributed by atoms with Crippen LogP contribution in [0.15, 0.2) is 12.7 Å². The zero-order valence-electron chi connectivity index (χ0n) is 7.88. The molecule has 1 saturated carbocycles. The van der Waals surface area contributed by atoms with E-state index < -0.39 is 0 Å². The number of rotatable bonds is 3. The lowest BCUT2D eigenvalue weighted by Gasteiger charge is -2.35. The summed E-state index contributed by atoms with van der Waals surface area (Å²) in [6, 6.07) is 0. The van der Waals surface area contributed by atoms with Crippen molar-refractivity contribution in [1.29, 1.82) is 0 Å². The van der Waals surface area contributed by atoms with E-state index in [2.05, 4.69) is 13.5 Å². The van der Waals surface area contributed by atoms with Crippen LogP contribution in [0.1, 0.15) is 39.0 Å². The van der Waals surface area contributed by atoms with Gasteiger partial charge in [-0.25, -0.2) is 0 Å². The standard InChI is InChI=1S/C11H18O/c1-3-10(2)11(9-12)7-5-4-6-8-11/h3,9-10H,1,4-8H2,2H3. The lowest BCUT2D eigenvalue weighted by atomic mass is 9.67. The Balaban J connectivity index is 2.71. The normalized spacial score (nSPS) is 24.4. The van der Waals surface area contributed by atoms with Crippen LogP contribution in [0.3, 0.4) is 0 Å². The highest BCUT2D eigenvalue weighted by Gasteiger charge is 2.35. The molecule has 0 N–H and O–H groups in total. The minimum atomic E-state index is -0.0694. The molecule has 0 aromatic heterocycles. The molecule has 1 nitrogen and oxygen atoms in total. The number of carbonyl (C=O) groups is 1. The summed E-state index contributed by atoms with van der Waals surface area (Å²) in [6.07, 6.45) is 8.90. The second-order valence-corrected chi connectivity index (χ2v) is 3.94. The van der Waals surface area contributed by atoms with E-state index >= 15 is 0 Å². The van der Waals surface area contributed by atoms with Gasteiger partial charge in [-0.2, -0.15) is 0 Å². The number of aldehydes is 1. The molecule has 0 bridgehead atoms. The minimum Gasteiger partial charge on any atom is -0.303 e. The van der Waals surface area contributed by atoms with E-state index in [4.69, 9.17) is 0 Å². The predicted octanol–water partition coefficient (Wildman–Crippen LogP) is 2.96. The topological polar surface area (TPSA) is 17.1 Å². The van der Waals surface area contributed by atoms with Crippen LogP contribution in [-0.2, 0) is 4.79 Å². The van der Waals surface area contributed by atoms with E-state index in [1.165, 1.54) is 25.5 Å². The van der Waals surface area contributed by atoms with Gasteiger partial charge in [0.15, 0.2) is 0 Å². The van der Waals surface area contributed by atoms with Crippen LogP contribution < -0.4 is 0 Å². The maximum atomic E-state index is 11.0. The Morgan fingerprint density at radius 1 is 1.33 bits per heavy atom. The second-order valence-electron chi connectivity index (χ2n) is 3.94. The Hall–Kier alpha value is -0.590. The molecule has 1 atom stereocenters. The van der Waals surface area contributed by atoms with Crippen molar-refractivity contribution in [2.45, 2.75) is 39.0 Å². The van der Waals surface area contributed by atoms with Gasteiger partial charge in [0.1, 0.15) is 6.29 Å². The van der Waals surface area contributed by atoms with Crippen LogP contribution in [0.2, 0.25) is 0 Å². The van der Waals surface area contributed by atoms with E-state index in [-0.39, 0.29) is 5.41 Å². The maximum Gasteiger partial charge on any atom is 0.126 e. The Morgan fingerprint density at radius 3 is 2.33 bits per heavy atom. The monoisotopic (exact) mass is 166 g/mol. The molecule has 0 heterocycles. The van der Waals surface area contributed by atoms with Gasteiger partial charge in [-0.15, -0.1) is 6.58 Å². The zero-order chi connectivity index (χ0) is 9.03. The van der Waals surface area contributed by atoms with Crippen molar-refractivity contribution in [3.05, 3.63) is 12.7 Å². The molecule has 0 saturated heterocycles. The first-order chi connectivity index (χ1) is 5.75. The van der Waals surface area contributed by atoms with Gasteiger partial charge in [0, 0.05) is 5.41 Å². The van der Waals surface area contributed by atoms with E-state index in [9.17, 15) is 4.79 Å². The van der Waals surface area contributed by atoms with Crippen molar-refractivity contribution >= 4 is 6.29 Å². The van der Waals surface area contributed by atoms with E-state index in [0.717, 1.165) is 12.8 Å². The van der Waals surface area contributed by atoms with Crippen molar-refractivity contribution in [1.82, 2.24) is 0 Å². The Labute approximate surface area is 74.9 Å². The molecule has 1 fully saturated rings. The van der Waals surface area contributed by atoms with Crippen LogP contribution in [0, 0.1) is 11.3 Å². The summed E-state index contributed by atoms with van der Waals surface area (Å²) in [7, 11) is 0. The van der Waals surface area contributed by atoms with Gasteiger partial charge < -0.3 is 4.79 Å². The molecule has 68 valence electrons. The fourth-order valence-electron chi connectivity index (χ4n) is 2.13. The fourth-order valence-corrected chi connectivity index (χ4v) is 2.13. The molecule has 1 aliphatic rings. The van der Waals surface area contributed by atoms with Crippen LogP contribution in [-0.4, -0.2) is 6.29 Å². The molecular weight excluding hydrogens is 148 g/mol. The molecule has 12 heavy (non-hydrogen) atoms. The highest BCUT2D eigenvalue weighted by molar-refractivity contribution is 5.60. The summed E-state index contributed by atoms with van der Waals surface area (Å²) in [5, 5.41) is 0. The van der Waals surface area contributed by atoms with Gasteiger partial charge in [-0.05, 0) is 18.8 Å². The molecule has 0 spiro atoms. The van der Waals surface area contributed by atoms with Crippen molar-refractivity contribution in [3.8, 4) is 0 Å². The second kappa shape index (κ2) is 3.88. The quantitative estimate of drug-likeness (QED) is 0.465. The average Bonchev–Trinajstić information content (AvgIpc) is 2.17. The first-order valence-corrected chi connectivity index (χ1v) is 4.84. The molecule has 1 heteroatoms. The SMILES string of the molecule is C=CC(C)C1(C=O)CCCCC1. The van der Waals surface area contributed by atoms with Crippen LogP contribution in [0.4, 0.5) is 0 Å². The molecule has 0 amide bonds.